The lowest BCUT2D eigenvalue weighted by Crippen LogP contribution is -2.21. The number of hydrogen-bond acceptors (Lipinski definition) is 4. The number of anilines is 1. The number of benzene rings is 1. The van der Waals surface area contributed by atoms with E-state index < -0.39 is 0 Å². The Labute approximate surface area is 76.1 Å². The Hall–Kier alpha value is -1.42. The highest BCUT2D eigenvalue weighted by molar-refractivity contribution is 5.61. The zero-order valence-electron chi connectivity index (χ0n) is 7.16. The number of aromatic hydroxyl groups is 1. The fraction of sp³-hybridized carbons (Fsp3) is 0.333. The Balaban J connectivity index is 2.56. The highest BCUT2D eigenvalue weighted by Crippen LogP contribution is 2.38. The molecule has 1 heterocycles. The van der Waals surface area contributed by atoms with E-state index in [1.54, 1.807) is 6.07 Å². The Kier molecular flexibility index (Phi) is 1.77. The second-order valence-corrected chi connectivity index (χ2v) is 3.20. The van der Waals surface area contributed by atoms with E-state index in [0.29, 0.717) is 18.0 Å². The molecule has 0 unspecified atom stereocenters. The number of ether oxygens (including phenoxy) is 1. The highest BCUT2D eigenvalue weighted by Gasteiger charge is 2.20. The molecule has 0 aliphatic carbocycles. The van der Waals surface area contributed by atoms with Gasteiger partial charge < -0.3 is 21.3 Å². The van der Waals surface area contributed by atoms with Gasteiger partial charge in [0.1, 0.15) is 11.5 Å². The summed E-state index contributed by atoms with van der Waals surface area (Å²) in [6, 6.07) is 2.99. The Morgan fingerprint density at radius 3 is 3.00 bits per heavy atom. The zero-order valence-corrected chi connectivity index (χ0v) is 7.16. The van der Waals surface area contributed by atoms with E-state index in [9.17, 15) is 5.11 Å². The van der Waals surface area contributed by atoms with Crippen molar-refractivity contribution in [3.8, 4) is 11.5 Å². The van der Waals surface area contributed by atoms with E-state index in [1.165, 1.54) is 6.07 Å². The summed E-state index contributed by atoms with van der Waals surface area (Å²) in [5, 5.41) is 9.30. The first-order valence-corrected chi connectivity index (χ1v) is 4.19. The maximum Gasteiger partial charge on any atom is 0.147 e. The summed E-state index contributed by atoms with van der Waals surface area (Å²) in [5.74, 6) is 0.758. The lowest BCUT2D eigenvalue weighted by atomic mass is 10.0. The van der Waals surface area contributed by atoms with E-state index in [2.05, 4.69) is 0 Å². The summed E-state index contributed by atoms with van der Waals surface area (Å²) in [6.45, 7) is 0.586. The third-order valence-corrected chi connectivity index (χ3v) is 2.21. The lowest BCUT2D eigenvalue weighted by molar-refractivity contribution is 0.270. The largest absolute Gasteiger partial charge is 0.508 e. The number of hydrogen-bond donors (Lipinski definition) is 3. The average molecular weight is 180 g/mol. The molecule has 0 saturated heterocycles. The zero-order chi connectivity index (χ0) is 9.42. The lowest BCUT2D eigenvalue weighted by Gasteiger charge is -2.24. The minimum Gasteiger partial charge on any atom is -0.508 e. The van der Waals surface area contributed by atoms with Gasteiger partial charge >= 0.3 is 0 Å². The second kappa shape index (κ2) is 2.81. The topological polar surface area (TPSA) is 81.5 Å². The molecule has 1 aliphatic rings. The van der Waals surface area contributed by atoms with Crippen LogP contribution in [0.4, 0.5) is 5.69 Å². The summed E-state index contributed by atoms with van der Waals surface area (Å²) >= 11 is 0. The highest BCUT2D eigenvalue weighted by atomic mass is 16.5. The van der Waals surface area contributed by atoms with E-state index in [-0.39, 0.29) is 11.8 Å². The van der Waals surface area contributed by atoms with Gasteiger partial charge in [0.25, 0.3) is 0 Å². The first-order chi connectivity index (χ1) is 6.18. The molecule has 0 fully saturated rings. The Morgan fingerprint density at radius 2 is 2.23 bits per heavy atom. The third-order valence-electron chi connectivity index (χ3n) is 2.21. The van der Waals surface area contributed by atoms with Gasteiger partial charge in [0.05, 0.1) is 12.3 Å². The van der Waals surface area contributed by atoms with Gasteiger partial charge in [-0.3, -0.25) is 0 Å². The third kappa shape index (κ3) is 1.29. The molecule has 0 bridgehead atoms. The van der Waals surface area contributed by atoms with Crippen molar-refractivity contribution in [2.24, 2.45) is 5.73 Å². The van der Waals surface area contributed by atoms with Crippen LogP contribution < -0.4 is 16.2 Å². The van der Waals surface area contributed by atoms with Crippen LogP contribution in [0, 0.1) is 0 Å². The molecule has 0 aromatic heterocycles. The standard InChI is InChI=1S/C9H12N2O2/c10-7-1-2-13-9-6(7)3-5(12)4-8(9)11/h3-4,7,12H,1-2,10-11H2/t7-/m0/s1. The van der Waals surface area contributed by atoms with Crippen molar-refractivity contribution in [2.75, 3.05) is 12.3 Å². The van der Waals surface area contributed by atoms with Crippen molar-refractivity contribution >= 4 is 5.69 Å². The molecule has 1 aliphatic heterocycles. The van der Waals surface area contributed by atoms with Crippen molar-refractivity contribution in [3.05, 3.63) is 17.7 Å². The second-order valence-electron chi connectivity index (χ2n) is 3.20. The Bertz CT molecular complexity index is 339. The molecule has 2 rings (SSSR count). The summed E-state index contributed by atoms with van der Waals surface area (Å²) in [7, 11) is 0. The molecule has 0 amide bonds. The molecule has 5 N–H and O–H groups in total. The quantitative estimate of drug-likeness (QED) is 0.515. The molecule has 1 aromatic carbocycles. The van der Waals surface area contributed by atoms with Gasteiger partial charge in [-0.1, -0.05) is 0 Å². The fourth-order valence-electron chi connectivity index (χ4n) is 1.54. The van der Waals surface area contributed by atoms with E-state index >= 15 is 0 Å². The predicted molar refractivity (Wildman–Crippen MR) is 49.6 cm³/mol. The number of rotatable bonds is 0. The minimum atomic E-state index is -0.0850. The SMILES string of the molecule is Nc1cc(O)cc2c1OCC[C@@H]2N. The molecule has 70 valence electrons. The van der Waals surface area contributed by atoms with E-state index in [0.717, 1.165) is 12.0 Å². The molecule has 0 saturated carbocycles. The number of phenols is 1. The van der Waals surface area contributed by atoms with Crippen LogP contribution in [-0.4, -0.2) is 11.7 Å². The van der Waals surface area contributed by atoms with Crippen molar-refractivity contribution in [1.82, 2.24) is 0 Å². The van der Waals surface area contributed by atoms with Crippen LogP contribution in [-0.2, 0) is 0 Å². The Morgan fingerprint density at radius 1 is 1.46 bits per heavy atom. The van der Waals surface area contributed by atoms with Crippen LogP contribution in [0.25, 0.3) is 0 Å². The van der Waals surface area contributed by atoms with Gasteiger partial charge in [0.15, 0.2) is 0 Å². The molecule has 4 heteroatoms. The molecule has 0 radical (unpaired) electrons. The summed E-state index contributed by atoms with van der Waals surface area (Å²) in [6.07, 6.45) is 0.760. The van der Waals surface area contributed by atoms with Crippen molar-refractivity contribution in [3.63, 3.8) is 0 Å². The smallest absolute Gasteiger partial charge is 0.147 e. The van der Waals surface area contributed by atoms with Gasteiger partial charge in [0.2, 0.25) is 0 Å². The molecular weight excluding hydrogens is 168 g/mol. The predicted octanol–water partition coefficient (Wildman–Crippen LogP) is 0.757. The van der Waals surface area contributed by atoms with Crippen LogP contribution in [0.15, 0.2) is 12.1 Å². The van der Waals surface area contributed by atoms with E-state index in [4.69, 9.17) is 16.2 Å². The summed E-state index contributed by atoms with van der Waals surface area (Å²) < 4.78 is 5.36. The molecule has 1 atom stereocenters. The molecule has 4 nitrogen and oxygen atoms in total. The number of nitrogen functional groups attached to an aromatic ring is 1. The summed E-state index contributed by atoms with van der Waals surface area (Å²) in [5.41, 5.74) is 12.7. The van der Waals surface area contributed by atoms with Crippen molar-refractivity contribution < 1.29 is 9.84 Å². The first kappa shape index (κ1) is 8.19. The van der Waals surface area contributed by atoms with Gasteiger partial charge in [0, 0.05) is 24.1 Å². The van der Waals surface area contributed by atoms with Crippen molar-refractivity contribution in [1.29, 1.82) is 0 Å². The number of fused-ring (bicyclic) bond motifs is 1. The molecular formula is C9H12N2O2. The van der Waals surface area contributed by atoms with Gasteiger partial charge in [-0.25, -0.2) is 0 Å². The van der Waals surface area contributed by atoms with Crippen LogP contribution in [0.3, 0.4) is 0 Å². The van der Waals surface area contributed by atoms with Crippen LogP contribution >= 0.6 is 0 Å². The van der Waals surface area contributed by atoms with Gasteiger partial charge in [-0.05, 0) is 6.07 Å². The molecule has 1 aromatic rings. The van der Waals surface area contributed by atoms with Gasteiger partial charge in [-0.2, -0.15) is 0 Å². The number of phenolic OH excluding ortho intramolecular Hbond substituents is 1. The fourth-order valence-corrected chi connectivity index (χ4v) is 1.54. The monoisotopic (exact) mass is 180 g/mol. The first-order valence-electron chi connectivity index (χ1n) is 4.19. The normalized spacial score (nSPS) is 20.5. The minimum absolute atomic E-state index is 0.0850. The molecule has 13 heavy (non-hydrogen) atoms. The summed E-state index contributed by atoms with van der Waals surface area (Å²) in [4.78, 5) is 0. The average Bonchev–Trinajstić information content (AvgIpc) is 2.07. The molecule has 0 spiro atoms. The van der Waals surface area contributed by atoms with E-state index in [1.807, 2.05) is 0 Å². The maximum absolute atomic E-state index is 9.30. The van der Waals surface area contributed by atoms with Crippen LogP contribution in [0.1, 0.15) is 18.0 Å². The van der Waals surface area contributed by atoms with Crippen LogP contribution in [0.2, 0.25) is 0 Å². The van der Waals surface area contributed by atoms with Crippen molar-refractivity contribution in [2.45, 2.75) is 12.5 Å². The maximum atomic E-state index is 9.30. The van der Waals surface area contributed by atoms with Crippen LogP contribution in [0.5, 0.6) is 11.5 Å². The number of nitrogens with two attached hydrogens (primary N) is 2. The van der Waals surface area contributed by atoms with Gasteiger partial charge in [-0.15, -0.1) is 0 Å².